The van der Waals surface area contributed by atoms with Crippen LogP contribution in [0.2, 0.25) is 5.02 Å². The summed E-state index contributed by atoms with van der Waals surface area (Å²) in [5, 5.41) is 5.25. The van der Waals surface area contributed by atoms with Crippen molar-refractivity contribution in [2.24, 2.45) is 0 Å². The van der Waals surface area contributed by atoms with Crippen LogP contribution in [0.4, 0.5) is 5.69 Å². The minimum atomic E-state index is -0.320. The number of halogens is 1. The van der Waals surface area contributed by atoms with Crippen LogP contribution in [0.1, 0.15) is 15.9 Å². The summed E-state index contributed by atoms with van der Waals surface area (Å²) in [5.74, 6) is 0.628. The molecule has 1 heterocycles. The fourth-order valence-corrected chi connectivity index (χ4v) is 3.84. The normalized spacial score (nSPS) is 11.1. The molecule has 0 unspecified atom stereocenters. The van der Waals surface area contributed by atoms with Crippen LogP contribution in [-0.4, -0.2) is 18.0 Å². The van der Waals surface area contributed by atoms with Gasteiger partial charge >= 0.3 is 0 Å². The van der Waals surface area contributed by atoms with Gasteiger partial charge in [0.05, 0.1) is 23.4 Å². The number of hydrogen-bond donors (Lipinski definition) is 1. The summed E-state index contributed by atoms with van der Waals surface area (Å²) in [6.45, 7) is 2.00. The second-order valence-corrected chi connectivity index (χ2v) is 7.95. The predicted octanol–water partition coefficient (Wildman–Crippen LogP) is 6.87. The van der Waals surface area contributed by atoms with Gasteiger partial charge in [0.15, 0.2) is 5.58 Å². The second kappa shape index (κ2) is 8.02. The molecule has 158 valence electrons. The van der Waals surface area contributed by atoms with E-state index in [1.807, 2.05) is 67.6 Å². The van der Waals surface area contributed by atoms with Gasteiger partial charge in [-0.15, -0.1) is 0 Å². The van der Waals surface area contributed by atoms with Crippen LogP contribution in [0.3, 0.4) is 0 Å². The van der Waals surface area contributed by atoms with Crippen LogP contribution in [0, 0.1) is 6.92 Å². The lowest BCUT2D eigenvalue weighted by Crippen LogP contribution is -2.13. The van der Waals surface area contributed by atoms with Crippen molar-refractivity contribution in [2.75, 3.05) is 12.4 Å². The van der Waals surface area contributed by atoms with E-state index in [4.69, 9.17) is 20.8 Å². The van der Waals surface area contributed by atoms with Crippen molar-refractivity contribution in [3.63, 3.8) is 0 Å². The molecule has 0 aliphatic rings. The average Bonchev–Trinajstić information content (AvgIpc) is 3.22. The van der Waals surface area contributed by atoms with Gasteiger partial charge in [0.25, 0.3) is 5.91 Å². The van der Waals surface area contributed by atoms with Gasteiger partial charge in [0.2, 0.25) is 5.89 Å². The molecule has 5 nitrogen and oxygen atoms in total. The number of oxazole rings is 1. The standard InChI is InChI=1S/C26H19ClN2O3/c1-15-7-10-23-22(11-15)29-26(32-23)18-8-9-20(27)21(13-18)28-25(30)19-12-16-5-3-4-6-17(16)14-24(19)31-2/h3-14H,1-2H3,(H,28,30). The van der Waals surface area contributed by atoms with Crippen LogP contribution < -0.4 is 10.1 Å². The summed E-state index contributed by atoms with van der Waals surface area (Å²) >= 11 is 6.39. The first-order valence-corrected chi connectivity index (χ1v) is 10.4. The number of carbonyl (C=O) groups excluding carboxylic acids is 1. The van der Waals surface area contributed by atoms with Crippen molar-refractivity contribution < 1.29 is 13.9 Å². The van der Waals surface area contributed by atoms with Crippen molar-refractivity contribution in [3.05, 3.63) is 88.9 Å². The summed E-state index contributed by atoms with van der Waals surface area (Å²) in [6.07, 6.45) is 0. The molecule has 1 N–H and O–H groups in total. The van der Waals surface area contributed by atoms with Gasteiger partial charge in [0.1, 0.15) is 11.3 Å². The first-order valence-electron chi connectivity index (χ1n) is 10.1. The Labute approximate surface area is 189 Å². The first kappa shape index (κ1) is 20.1. The lowest BCUT2D eigenvalue weighted by Gasteiger charge is -2.12. The van der Waals surface area contributed by atoms with Crippen LogP contribution in [0.25, 0.3) is 33.3 Å². The van der Waals surface area contributed by atoms with Crippen molar-refractivity contribution in [3.8, 4) is 17.2 Å². The number of aromatic nitrogens is 1. The van der Waals surface area contributed by atoms with Crippen LogP contribution in [0.5, 0.6) is 5.75 Å². The summed E-state index contributed by atoms with van der Waals surface area (Å²) in [6, 6.07) is 22.6. The SMILES string of the molecule is COc1cc2ccccc2cc1C(=O)Nc1cc(-c2nc3cc(C)ccc3o2)ccc1Cl. The smallest absolute Gasteiger partial charge is 0.259 e. The largest absolute Gasteiger partial charge is 0.496 e. The molecule has 0 aliphatic heterocycles. The summed E-state index contributed by atoms with van der Waals surface area (Å²) < 4.78 is 11.4. The average molecular weight is 443 g/mol. The molecule has 4 aromatic carbocycles. The third kappa shape index (κ3) is 3.67. The number of nitrogens with zero attached hydrogens (tertiary/aromatic N) is 1. The third-order valence-corrected chi connectivity index (χ3v) is 5.65. The van der Waals surface area contributed by atoms with Crippen LogP contribution >= 0.6 is 11.6 Å². The number of ether oxygens (including phenoxy) is 1. The Morgan fingerprint density at radius 3 is 2.56 bits per heavy atom. The predicted molar refractivity (Wildman–Crippen MR) is 128 cm³/mol. The van der Waals surface area contributed by atoms with Crippen LogP contribution in [0.15, 0.2) is 77.2 Å². The van der Waals surface area contributed by atoms with Crippen molar-refractivity contribution in [1.29, 1.82) is 0 Å². The molecule has 0 fully saturated rings. The van der Waals surface area contributed by atoms with Crippen molar-refractivity contribution >= 4 is 45.1 Å². The number of amides is 1. The highest BCUT2D eigenvalue weighted by Gasteiger charge is 2.17. The molecule has 0 saturated carbocycles. The Kier molecular flexibility index (Phi) is 5.04. The number of rotatable bonds is 4. The zero-order valence-electron chi connectivity index (χ0n) is 17.5. The molecule has 1 aromatic heterocycles. The highest BCUT2D eigenvalue weighted by molar-refractivity contribution is 6.34. The minimum Gasteiger partial charge on any atom is -0.496 e. The number of methoxy groups -OCH3 is 1. The fourth-order valence-electron chi connectivity index (χ4n) is 3.67. The zero-order valence-corrected chi connectivity index (χ0v) is 18.2. The summed E-state index contributed by atoms with van der Waals surface area (Å²) in [5.41, 5.74) is 4.18. The molecule has 32 heavy (non-hydrogen) atoms. The quantitative estimate of drug-likeness (QED) is 0.330. The summed E-state index contributed by atoms with van der Waals surface area (Å²) in [7, 11) is 1.55. The van der Waals surface area contributed by atoms with Gasteiger partial charge in [0, 0.05) is 5.56 Å². The van der Waals surface area contributed by atoms with Crippen molar-refractivity contribution in [1.82, 2.24) is 4.98 Å². The van der Waals surface area contributed by atoms with E-state index >= 15 is 0 Å². The van der Waals surface area contributed by atoms with Gasteiger partial charge in [-0.2, -0.15) is 0 Å². The Bertz CT molecular complexity index is 1490. The highest BCUT2D eigenvalue weighted by atomic mass is 35.5. The molecule has 5 rings (SSSR count). The second-order valence-electron chi connectivity index (χ2n) is 7.54. The number of hydrogen-bond acceptors (Lipinski definition) is 4. The van der Waals surface area contributed by atoms with Gasteiger partial charge in [-0.3, -0.25) is 4.79 Å². The monoisotopic (exact) mass is 442 g/mol. The maximum atomic E-state index is 13.1. The topological polar surface area (TPSA) is 64.4 Å². The molecule has 1 amide bonds. The molecule has 5 aromatic rings. The number of anilines is 1. The number of aryl methyl sites for hydroxylation is 1. The highest BCUT2D eigenvalue weighted by Crippen LogP contribution is 2.32. The van der Waals surface area contributed by atoms with E-state index in [-0.39, 0.29) is 5.91 Å². The van der Waals surface area contributed by atoms with E-state index in [0.717, 1.165) is 21.9 Å². The molecule has 0 saturated heterocycles. The molecule has 0 bridgehead atoms. The van der Waals surface area contributed by atoms with E-state index in [1.54, 1.807) is 19.2 Å². The molecule has 0 aliphatic carbocycles. The maximum absolute atomic E-state index is 13.1. The van der Waals surface area contributed by atoms with E-state index in [1.165, 1.54) is 0 Å². The van der Waals surface area contributed by atoms with E-state index in [9.17, 15) is 4.79 Å². The first-order chi connectivity index (χ1) is 15.5. The number of benzene rings is 4. The Morgan fingerprint density at radius 1 is 1.00 bits per heavy atom. The molecule has 0 radical (unpaired) electrons. The van der Waals surface area contributed by atoms with Gasteiger partial charge < -0.3 is 14.5 Å². The van der Waals surface area contributed by atoms with Gasteiger partial charge in [-0.1, -0.05) is 41.9 Å². The van der Waals surface area contributed by atoms with Crippen molar-refractivity contribution in [2.45, 2.75) is 6.92 Å². The Morgan fingerprint density at radius 2 is 1.78 bits per heavy atom. The summed E-state index contributed by atoms with van der Waals surface area (Å²) in [4.78, 5) is 17.7. The van der Waals surface area contributed by atoms with E-state index < -0.39 is 0 Å². The third-order valence-electron chi connectivity index (χ3n) is 5.32. The lowest BCUT2D eigenvalue weighted by molar-refractivity contribution is 0.102. The number of fused-ring (bicyclic) bond motifs is 2. The fraction of sp³-hybridized carbons (Fsp3) is 0.0769. The zero-order chi connectivity index (χ0) is 22.2. The van der Waals surface area contributed by atoms with Gasteiger partial charge in [-0.25, -0.2) is 4.98 Å². The van der Waals surface area contributed by atoms with E-state index in [0.29, 0.717) is 39.1 Å². The Hall–Kier alpha value is -3.83. The van der Waals surface area contributed by atoms with E-state index in [2.05, 4.69) is 10.3 Å². The molecule has 0 spiro atoms. The van der Waals surface area contributed by atoms with Crippen LogP contribution in [-0.2, 0) is 0 Å². The Balaban J connectivity index is 1.50. The molecular formula is C26H19ClN2O3. The number of nitrogens with one attached hydrogen (secondary N) is 1. The molecule has 0 atom stereocenters. The maximum Gasteiger partial charge on any atom is 0.259 e. The van der Waals surface area contributed by atoms with Gasteiger partial charge in [-0.05, 0) is 65.7 Å². The lowest BCUT2D eigenvalue weighted by atomic mass is 10.1. The molecular weight excluding hydrogens is 424 g/mol. The number of carbonyl (C=O) groups is 1. The molecule has 6 heteroatoms. The minimum absolute atomic E-state index is 0.320.